The van der Waals surface area contributed by atoms with Crippen LogP contribution in [0.5, 0.6) is 0 Å². The molecule has 12 heavy (non-hydrogen) atoms. The van der Waals surface area contributed by atoms with Crippen molar-refractivity contribution in [2.75, 3.05) is 0 Å². The summed E-state index contributed by atoms with van der Waals surface area (Å²) in [4.78, 5) is 0. The molecule has 1 saturated carbocycles. The molecule has 3 heteroatoms. The molecule has 0 atom stereocenters. The Hall–Kier alpha value is -0.960. The van der Waals surface area contributed by atoms with Gasteiger partial charge in [-0.25, -0.2) is 8.78 Å². The third kappa shape index (κ3) is 1.10. The van der Waals surface area contributed by atoms with Gasteiger partial charge in [-0.3, -0.25) is 0 Å². The lowest BCUT2D eigenvalue weighted by Crippen LogP contribution is -2.20. The minimum Gasteiger partial charge on any atom is -0.321 e. The van der Waals surface area contributed by atoms with Gasteiger partial charge in [-0.15, -0.1) is 0 Å². The number of halogens is 2. The van der Waals surface area contributed by atoms with Crippen LogP contribution in [0.25, 0.3) is 0 Å². The molecular formula is C9H8F2N. The second kappa shape index (κ2) is 2.26. The fourth-order valence-electron chi connectivity index (χ4n) is 1.23. The summed E-state index contributed by atoms with van der Waals surface area (Å²) in [6, 6.07) is 4.27. The third-order valence-corrected chi connectivity index (χ3v) is 2.19. The molecule has 0 amide bonds. The SMILES string of the molecule is NC1(c2cc(F)[c]cc2F)CC1. The lowest BCUT2D eigenvalue weighted by atomic mass is 10.1. The monoisotopic (exact) mass is 168 g/mol. The molecule has 0 spiro atoms. The zero-order valence-corrected chi connectivity index (χ0v) is 6.40. The van der Waals surface area contributed by atoms with Crippen molar-refractivity contribution in [3.63, 3.8) is 0 Å². The predicted octanol–water partition coefficient (Wildman–Crippen LogP) is 1.71. The second-order valence-corrected chi connectivity index (χ2v) is 3.20. The van der Waals surface area contributed by atoms with Crippen molar-refractivity contribution in [1.82, 2.24) is 0 Å². The standard InChI is InChI=1S/C9H8F2N/c10-6-1-2-8(11)7(5-6)9(12)3-4-9/h2,5H,3-4,12H2. The topological polar surface area (TPSA) is 26.0 Å². The normalized spacial score (nSPS) is 19.2. The molecule has 1 radical (unpaired) electrons. The summed E-state index contributed by atoms with van der Waals surface area (Å²) >= 11 is 0. The van der Waals surface area contributed by atoms with Crippen LogP contribution < -0.4 is 5.73 Å². The molecule has 0 aliphatic heterocycles. The molecule has 1 aromatic carbocycles. The highest BCUT2D eigenvalue weighted by Crippen LogP contribution is 2.43. The van der Waals surface area contributed by atoms with E-state index in [-0.39, 0.29) is 5.56 Å². The van der Waals surface area contributed by atoms with Crippen LogP contribution in [0, 0.1) is 17.7 Å². The molecule has 1 aromatic rings. The fraction of sp³-hybridized carbons (Fsp3) is 0.333. The van der Waals surface area contributed by atoms with Gasteiger partial charge < -0.3 is 5.73 Å². The summed E-state index contributed by atoms with van der Waals surface area (Å²) in [7, 11) is 0. The zero-order chi connectivity index (χ0) is 8.77. The van der Waals surface area contributed by atoms with Crippen molar-refractivity contribution in [3.05, 3.63) is 35.4 Å². The van der Waals surface area contributed by atoms with Gasteiger partial charge in [0.2, 0.25) is 0 Å². The summed E-state index contributed by atoms with van der Waals surface area (Å²) in [5, 5.41) is 0. The fourth-order valence-corrected chi connectivity index (χ4v) is 1.23. The highest BCUT2D eigenvalue weighted by molar-refractivity contribution is 5.30. The summed E-state index contributed by atoms with van der Waals surface area (Å²) in [5.41, 5.74) is 5.38. The minimum absolute atomic E-state index is 0.277. The van der Waals surface area contributed by atoms with Crippen molar-refractivity contribution >= 4 is 0 Å². The highest BCUT2D eigenvalue weighted by Gasteiger charge is 2.42. The molecule has 0 saturated heterocycles. The highest BCUT2D eigenvalue weighted by atomic mass is 19.1. The van der Waals surface area contributed by atoms with Gasteiger partial charge in [0.1, 0.15) is 11.6 Å². The predicted molar refractivity (Wildman–Crippen MR) is 40.3 cm³/mol. The van der Waals surface area contributed by atoms with Gasteiger partial charge in [-0.1, -0.05) is 0 Å². The lowest BCUT2D eigenvalue weighted by Gasteiger charge is -2.09. The molecule has 2 N–H and O–H groups in total. The Labute approximate surface area is 69.2 Å². The maximum atomic E-state index is 13.0. The molecule has 0 bridgehead atoms. The lowest BCUT2D eigenvalue weighted by molar-refractivity contribution is 0.557. The van der Waals surface area contributed by atoms with E-state index in [0.717, 1.165) is 25.0 Å². The average molecular weight is 168 g/mol. The molecular weight excluding hydrogens is 160 g/mol. The Kier molecular flexibility index (Phi) is 1.45. The van der Waals surface area contributed by atoms with Crippen LogP contribution in [-0.2, 0) is 5.54 Å². The molecule has 0 aromatic heterocycles. The van der Waals surface area contributed by atoms with Crippen molar-refractivity contribution in [2.45, 2.75) is 18.4 Å². The molecule has 1 aliphatic carbocycles. The molecule has 1 fully saturated rings. The first-order valence-electron chi connectivity index (χ1n) is 3.78. The van der Waals surface area contributed by atoms with Crippen LogP contribution in [0.3, 0.4) is 0 Å². The van der Waals surface area contributed by atoms with Gasteiger partial charge in [0, 0.05) is 17.2 Å². The summed E-state index contributed by atoms with van der Waals surface area (Å²) < 4.78 is 25.7. The van der Waals surface area contributed by atoms with E-state index >= 15 is 0 Å². The Bertz CT molecular complexity index is 318. The van der Waals surface area contributed by atoms with Gasteiger partial charge in [-0.05, 0) is 25.0 Å². The van der Waals surface area contributed by atoms with Crippen LogP contribution in [-0.4, -0.2) is 0 Å². The molecule has 0 heterocycles. The van der Waals surface area contributed by atoms with Gasteiger partial charge in [0.25, 0.3) is 0 Å². The largest absolute Gasteiger partial charge is 0.321 e. The molecule has 2 rings (SSSR count). The van der Waals surface area contributed by atoms with E-state index in [0.29, 0.717) is 0 Å². The Balaban J connectivity index is 2.48. The smallest absolute Gasteiger partial charge is 0.131 e. The van der Waals surface area contributed by atoms with E-state index in [1.54, 1.807) is 0 Å². The van der Waals surface area contributed by atoms with Crippen LogP contribution >= 0.6 is 0 Å². The first kappa shape index (κ1) is 7.68. The molecule has 0 unspecified atom stereocenters. The van der Waals surface area contributed by atoms with Gasteiger partial charge in [-0.2, -0.15) is 0 Å². The number of benzene rings is 1. The Morgan fingerprint density at radius 2 is 2.08 bits per heavy atom. The summed E-state index contributed by atoms with van der Waals surface area (Å²) in [5.74, 6) is -1.01. The van der Waals surface area contributed by atoms with E-state index < -0.39 is 17.2 Å². The van der Waals surface area contributed by atoms with Crippen molar-refractivity contribution in [2.24, 2.45) is 5.73 Å². The van der Waals surface area contributed by atoms with Crippen LogP contribution in [0.2, 0.25) is 0 Å². The van der Waals surface area contributed by atoms with Gasteiger partial charge >= 0.3 is 0 Å². The zero-order valence-electron chi connectivity index (χ0n) is 6.40. The van der Waals surface area contributed by atoms with Crippen LogP contribution in [0.4, 0.5) is 8.78 Å². The van der Waals surface area contributed by atoms with Gasteiger partial charge in [0.15, 0.2) is 0 Å². The van der Waals surface area contributed by atoms with Crippen LogP contribution in [0.1, 0.15) is 18.4 Å². The maximum Gasteiger partial charge on any atom is 0.131 e. The first-order chi connectivity index (χ1) is 5.62. The van der Waals surface area contributed by atoms with Gasteiger partial charge in [0.05, 0.1) is 0 Å². The van der Waals surface area contributed by atoms with E-state index in [9.17, 15) is 8.78 Å². The number of hydrogen-bond acceptors (Lipinski definition) is 1. The summed E-state index contributed by atoms with van der Waals surface area (Å²) in [6.07, 6.45) is 1.46. The van der Waals surface area contributed by atoms with Crippen molar-refractivity contribution in [1.29, 1.82) is 0 Å². The van der Waals surface area contributed by atoms with Crippen LogP contribution in [0.15, 0.2) is 12.1 Å². The van der Waals surface area contributed by atoms with Crippen molar-refractivity contribution in [3.8, 4) is 0 Å². The van der Waals surface area contributed by atoms with E-state index in [2.05, 4.69) is 6.07 Å². The van der Waals surface area contributed by atoms with E-state index in [1.807, 2.05) is 0 Å². The summed E-state index contributed by atoms with van der Waals surface area (Å²) in [6.45, 7) is 0. The molecule has 63 valence electrons. The van der Waals surface area contributed by atoms with E-state index in [4.69, 9.17) is 5.73 Å². The Morgan fingerprint density at radius 3 is 2.67 bits per heavy atom. The maximum absolute atomic E-state index is 13.0. The second-order valence-electron chi connectivity index (χ2n) is 3.20. The van der Waals surface area contributed by atoms with E-state index in [1.165, 1.54) is 0 Å². The number of rotatable bonds is 1. The molecule has 1 nitrogen and oxygen atoms in total. The number of nitrogens with two attached hydrogens (primary N) is 1. The van der Waals surface area contributed by atoms with Crippen molar-refractivity contribution < 1.29 is 8.78 Å². The molecule has 1 aliphatic rings. The first-order valence-corrected chi connectivity index (χ1v) is 3.78. The number of hydrogen-bond donors (Lipinski definition) is 1. The third-order valence-electron chi connectivity index (χ3n) is 2.19. The average Bonchev–Trinajstić information content (AvgIpc) is 2.75. The quantitative estimate of drug-likeness (QED) is 0.678. The Morgan fingerprint density at radius 1 is 1.42 bits per heavy atom. The minimum atomic E-state index is -0.611.